The predicted molar refractivity (Wildman–Crippen MR) is 160 cm³/mol. The van der Waals surface area contributed by atoms with Gasteiger partial charge in [-0.05, 0) is 66.1 Å². The van der Waals surface area contributed by atoms with Crippen molar-refractivity contribution in [3.05, 3.63) is 104 Å². The van der Waals surface area contributed by atoms with E-state index in [9.17, 15) is 9.59 Å². The van der Waals surface area contributed by atoms with Crippen molar-refractivity contribution in [1.29, 1.82) is 0 Å². The molecule has 9 heteroatoms. The number of benzene rings is 3. The van der Waals surface area contributed by atoms with Crippen molar-refractivity contribution in [2.45, 2.75) is 13.5 Å². The Morgan fingerprint density at radius 2 is 1.72 bits per heavy atom. The number of carbonyl (C=O) groups excluding carboxylic acids is 2. The van der Waals surface area contributed by atoms with E-state index in [0.717, 1.165) is 31.6 Å². The molecule has 39 heavy (non-hydrogen) atoms. The fourth-order valence-electron chi connectivity index (χ4n) is 3.87. The van der Waals surface area contributed by atoms with E-state index in [1.54, 1.807) is 25.3 Å². The van der Waals surface area contributed by atoms with E-state index in [2.05, 4.69) is 21.2 Å². The number of hydrogen-bond donors (Lipinski definition) is 1. The zero-order chi connectivity index (χ0) is 27.9. The fourth-order valence-corrected chi connectivity index (χ4v) is 5.33. The lowest BCUT2D eigenvalue weighted by Crippen LogP contribution is -2.11. The Bertz CT molecular complexity index is 1510. The summed E-state index contributed by atoms with van der Waals surface area (Å²) in [7, 11) is 2.88. The molecule has 0 aliphatic heterocycles. The quantitative estimate of drug-likeness (QED) is 0.150. The smallest absolute Gasteiger partial charge is 0.341 e. The van der Waals surface area contributed by atoms with E-state index in [0.29, 0.717) is 33.7 Å². The summed E-state index contributed by atoms with van der Waals surface area (Å²) < 4.78 is 17.3. The van der Waals surface area contributed by atoms with Crippen LogP contribution in [-0.4, -0.2) is 26.1 Å². The summed E-state index contributed by atoms with van der Waals surface area (Å²) in [5.41, 5.74) is 3.63. The average Bonchev–Trinajstić information content (AvgIpc) is 3.26. The second-order valence-electron chi connectivity index (χ2n) is 8.38. The third-order valence-corrected chi connectivity index (χ3v) is 7.57. The third kappa shape index (κ3) is 7.09. The lowest BCUT2D eigenvalue weighted by molar-refractivity contribution is -0.111. The van der Waals surface area contributed by atoms with Gasteiger partial charge in [0.1, 0.15) is 17.2 Å². The topological polar surface area (TPSA) is 73.9 Å². The lowest BCUT2D eigenvalue weighted by atomic mass is 10.0. The van der Waals surface area contributed by atoms with E-state index in [1.165, 1.54) is 24.5 Å². The molecule has 1 aromatic heterocycles. The monoisotopic (exact) mass is 625 g/mol. The number of hydrogen-bond acceptors (Lipinski definition) is 6. The van der Waals surface area contributed by atoms with Crippen LogP contribution in [0.5, 0.6) is 11.5 Å². The molecule has 4 rings (SSSR count). The molecule has 1 amide bonds. The zero-order valence-electron chi connectivity index (χ0n) is 21.4. The fraction of sp³-hybridized carbons (Fsp3) is 0.133. The van der Waals surface area contributed by atoms with Crippen molar-refractivity contribution < 1.29 is 23.8 Å². The molecule has 1 N–H and O–H groups in total. The number of anilines is 1. The van der Waals surface area contributed by atoms with E-state index in [-0.39, 0.29) is 5.91 Å². The highest BCUT2D eigenvalue weighted by Gasteiger charge is 2.24. The van der Waals surface area contributed by atoms with Crippen LogP contribution in [-0.2, 0) is 16.1 Å². The Kier molecular flexibility index (Phi) is 9.45. The minimum atomic E-state index is -0.518. The van der Waals surface area contributed by atoms with Crippen molar-refractivity contribution in [2.75, 3.05) is 19.5 Å². The number of halogens is 2. The van der Waals surface area contributed by atoms with Crippen LogP contribution in [0.4, 0.5) is 5.00 Å². The summed E-state index contributed by atoms with van der Waals surface area (Å²) >= 11 is 10.7. The second kappa shape index (κ2) is 13.0. The number of rotatable bonds is 9. The Hall–Kier alpha value is -3.59. The second-order valence-corrected chi connectivity index (χ2v) is 11.0. The van der Waals surface area contributed by atoms with Gasteiger partial charge in [0, 0.05) is 26.0 Å². The summed E-state index contributed by atoms with van der Waals surface area (Å²) in [6, 6.07) is 20.4. The van der Waals surface area contributed by atoms with Gasteiger partial charge in [0.15, 0.2) is 11.5 Å². The standard InChI is InChI=1S/C30H25BrClNO5S/c1-18-27(21-8-10-22(31)11-9-21)28(30(35)37-3)29(39-18)33-26(34)15-7-19-6-14-24(25(16-19)36-2)38-17-20-4-12-23(32)13-5-20/h4-16H,17H2,1-3H3,(H,33,34)/b15-7+. The summed E-state index contributed by atoms with van der Waals surface area (Å²) in [5.74, 6) is 0.208. The summed E-state index contributed by atoms with van der Waals surface area (Å²) in [4.78, 5) is 26.4. The van der Waals surface area contributed by atoms with Crippen LogP contribution < -0.4 is 14.8 Å². The van der Waals surface area contributed by atoms with Crippen LogP contribution in [0.2, 0.25) is 5.02 Å². The molecule has 0 unspecified atom stereocenters. The highest BCUT2D eigenvalue weighted by atomic mass is 79.9. The number of esters is 1. The number of aryl methyl sites for hydroxylation is 1. The van der Waals surface area contributed by atoms with Crippen LogP contribution in [0.25, 0.3) is 17.2 Å². The van der Waals surface area contributed by atoms with E-state index in [4.69, 9.17) is 25.8 Å². The van der Waals surface area contributed by atoms with Gasteiger partial charge in [-0.15, -0.1) is 11.3 Å². The molecule has 0 fully saturated rings. The number of thiophene rings is 1. The van der Waals surface area contributed by atoms with Gasteiger partial charge < -0.3 is 19.5 Å². The molecule has 6 nitrogen and oxygen atoms in total. The molecule has 0 spiro atoms. The van der Waals surface area contributed by atoms with Gasteiger partial charge in [-0.25, -0.2) is 4.79 Å². The van der Waals surface area contributed by atoms with Crippen molar-refractivity contribution in [3.63, 3.8) is 0 Å². The van der Waals surface area contributed by atoms with E-state index < -0.39 is 5.97 Å². The third-order valence-electron chi connectivity index (χ3n) is 5.77. The van der Waals surface area contributed by atoms with Crippen LogP contribution in [0.15, 0.2) is 77.3 Å². The normalized spacial score (nSPS) is 10.9. The first-order chi connectivity index (χ1) is 18.8. The molecule has 1 heterocycles. The molecule has 3 aromatic carbocycles. The maximum atomic E-state index is 12.8. The van der Waals surface area contributed by atoms with Crippen molar-refractivity contribution in [2.24, 2.45) is 0 Å². The molecular weight excluding hydrogens is 602 g/mol. The highest BCUT2D eigenvalue weighted by molar-refractivity contribution is 9.10. The molecule has 0 bridgehead atoms. The first kappa shape index (κ1) is 28.4. The molecule has 0 saturated heterocycles. The maximum Gasteiger partial charge on any atom is 0.341 e. The first-order valence-electron chi connectivity index (χ1n) is 11.8. The van der Waals surface area contributed by atoms with Crippen LogP contribution in [0.1, 0.15) is 26.4 Å². The van der Waals surface area contributed by atoms with Gasteiger partial charge in [0.2, 0.25) is 5.91 Å². The van der Waals surface area contributed by atoms with Crippen LogP contribution >= 0.6 is 38.9 Å². The van der Waals surface area contributed by atoms with Crippen molar-refractivity contribution in [1.82, 2.24) is 0 Å². The molecule has 0 saturated carbocycles. The molecule has 0 radical (unpaired) electrons. The van der Waals surface area contributed by atoms with Gasteiger partial charge in [-0.1, -0.05) is 57.9 Å². The van der Waals surface area contributed by atoms with Gasteiger partial charge in [-0.2, -0.15) is 0 Å². The molecule has 200 valence electrons. The number of carbonyl (C=O) groups is 2. The number of methoxy groups -OCH3 is 2. The summed E-state index contributed by atoms with van der Waals surface area (Å²) in [6.45, 7) is 2.26. The lowest BCUT2D eigenvalue weighted by Gasteiger charge is -2.11. The zero-order valence-corrected chi connectivity index (χ0v) is 24.6. The van der Waals surface area contributed by atoms with Gasteiger partial charge in [0.05, 0.1) is 14.2 Å². The number of amides is 1. The maximum absolute atomic E-state index is 12.8. The molecule has 0 atom stereocenters. The van der Waals surface area contributed by atoms with E-state index >= 15 is 0 Å². The Balaban J connectivity index is 1.50. The van der Waals surface area contributed by atoms with Crippen LogP contribution in [0, 0.1) is 6.92 Å². The molecule has 0 aliphatic carbocycles. The molecule has 4 aromatic rings. The first-order valence-corrected chi connectivity index (χ1v) is 13.8. The Morgan fingerprint density at radius 3 is 2.38 bits per heavy atom. The summed E-state index contributed by atoms with van der Waals surface area (Å²) in [6.07, 6.45) is 3.06. The van der Waals surface area contributed by atoms with Gasteiger partial charge in [-0.3, -0.25) is 4.79 Å². The highest BCUT2D eigenvalue weighted by Crippen LogP contribution is 2.40. The Morgan fingerprint density at radius 1 is 1.00 bits per heavy atom. The van der Waals surface area contributed by atoms with Crippen molar-refractivity contribution >= 4 is 61.8 Å². The minimum Gasteiger partial charge on any atom is -0.493 e. The summed E-state index contributed by atoms with van der Waals surface area (Å²) in [5, 5.41) is 3.93. The predicted octanol–water partition coefficient (Wildman–Crippen LogP) is 8.17. The van der Waals surface area contributed by atoms with Gasteiger partial charge in [0.25, 0.3) is 0 Å². The minimum absolute atomic E-state index is 0.327. The van der Waals surface area contributed by atoms with Crippen LogP contribution in [0.3, 0.4) is 0 Å². The van der Waals surface area contributed by atoms with Crippen molar-refractivity contribution in [3.8, 4) is 22.6 Å². The molecule has 0 aliphatic rings. The van der Waals surface area contributed by atoms with Gasteiger partial charge >= 0.3 is 5.97 Å². The SMILES string of the molecule is COC(=O)c1c(NC(=O)/C=C/c2ccc(OCc3ccc(Cl)cc3)c(OC)c2)sc(C)c1-c1ccc(Br)cc1. The van der Waals surface area contributed by atoms with E-state index in [1.807, 2.05) is 61.5 Å². The molecular formula is C30H25BrClNO5S. The number of nitrogens with one attached hydrogen (secondary N) is 1. The average molecular weight is 627 g/mol. The largest absolute Gasteiger partial charge is 0.493 e. The number of ether oxygens (including phenoxy) is 3. The Labute approximate surface area is 244 Å².